The highest BCUT2D eigenvalue weighted by molar-refractivity contribution is 4.85. The van der Waals surface area contributed by atoms with Crippen molar-refractivity contribution in [2.24, 2.45) is 5.73 Å². The van der Waals surface area contributed by atoms with E-state index in [0.29, 0.717) is 6.42 Å². The van der Waals surface area contributed by atoms with E-state index >= 15 is 0 Å². The second kappa shape index (κ2) is 3.09. The van der Waals surface area contributed by atoms with E-state index in [2.05, 4.69) is 0 Å². The first kappa shape index (κ1) is 10.9. The molecule has 68 valence electrons. The fourth-order valence-electron chi connectivity index (χ4n) is 0.788. The molecular formula is C8H19NO2. The Morgan fingerprint density at radius 3 is 1.64 bits per heavy atom. The third kappa shape index (κ3) is 5.18. The molecule has 11 heavy (non-hydrogen) atoms. The molecule has 0 saturated carbocycles. The van der Waals surface area contributed by atoms with Crippen LogP contribution in [0, 0.1) is 0 Å². The van der Waals surface area contributed by atoms with E-state index < -0.39 is 11.2 Å². The van der Waals surface area contributed by atoms with Gasteiger partial charge in [0.15, 0.2) is 0 Å². The Balaban J connectivity index is 3.99. The van der Waals surface area contributed by atoms with Gasteiger partial charge in [-0.05, 0) is 34.1 Å². The summed E-state index contributed by atoms with van der Waals surface area (Å²) >= 11 is 0. The molecule has 0 amide bonds. The maximum absolute atomic E-state index is 9.41. The monoisotopic (exact) mass is 161 g/mol. The van der Waals surface area contributed by atoms with Crippen LogP contribution in [0.2, 0.25) is 0 Å². The quantitative estimate of drug-likeness (QED) is 0.555. The minimum absolute atomic E-state index is 0.387. The fourth-order valence-corrected chi connectivity index (χ4v) is 0.788. The smallest absolute Gasteiger partial charge is 0.0743 e. The molecule has 0 aromatic heterocycles. The largest absolute Gasteiger partial charge is 0.390 e. The molecule has 0 rings (SSSR count). The lowest BCUT2D eigenvalue weighted by molar-refractivity contribution is 0.000490. The predicted molar refractivity (Wildman–Crippen MR) is 45.2 cm³/mol. The van der Waals surface area contributed by atoms with Gasteiger partial charge in [0.25, 0.3) is 0 Å². The molecule has 0 aliphatic rings. The molecule has 0 aromatic carbocycles. The van der Waals surface area contributed by atoms with Gasteiger partial charge in [0.1, 0.15) is 0 Å². The molecule has 0 unspecified atom stereocenters. The van der Waals surface area contributed by atoms with Crippen LogP contribution in [0.5, 0.6) is 0 Å². The molecule has 0 aliphatic carbocycles. The molecule has 0 bridgehead atoms. The highest BCUT2D eigenvalue weighted by Gasteiger charge is 2.28. The molecule has 0 radical (unpaired) electrons. The van der Waals surface area contributed by atoms with Crippen molar-refractivity contribution in [2.45, 2.75) is 51.4 Å². The Bertz CT molecular complexity index is 121. The molecule has 0 saturated heterocycles. The molecule has 3 heteroatoms. The minimum atomic E-state index is -0.917. The van der Waals surface area contributed by atoms with E-state index in [-0.39, 0.29) is 6.04 Å². The summed E-state index contributed by atoms with van der Waals surface area (Å²) in [7, 11) is 0. The number of hydrogen-bond acceptors (Lipinski definition) is 3. The van der Waals surface area contributed by atoms with Gasteiger partial charge in [-0.15, -0.1) is 0 Å². The molecule has 1 atom stereocenters. The van der Waals surface area contributed by atoms with Crippen LogP contribution >= 0.6 is 0 Å². The van der Waals surface area contributed by atoms with Crippen LogP contribution in [0.15, 0.2) is 0 Å². The summed E-state index contributed by atoms with van der Waals surface area (Å²) in [4.78, 5) is 0. The van der Waals surface area contributed by atoms with Crippen LogP contribution in [0.1, 0.15) is 34.1 Å². The van der Waals surface area contributed by atoms with Crippen LogP contribution in [-0.4, -0.2) is 27.5 Å². The van der Waals surface area contributed by atoms with Gasteiger partial charge in [0.2, 0.25) is 0 Å². The van der Waals surface area contributed by atoms with Gasteiger partial charge in [-0.25, -0.2) is 0 Å². The SMILES string of the molecule is CC(C)(O)C[C@@H](N)C(C)(C)O. The Hall–Kier alpha value is -0.120. The average molecular weight is 161 g/mol. The summed E-state index contributed by atoms with van der Waals surface area (Å²) in [6.45, 7) is 6.64. The van der Waals surface area contributed by atoms with Gasteiger partial charge in [-0.1, -0.05) is 0 Å². The molecule has 4 N–H and O–H groups in total. The molecule has 0 fully saturated rings. The summed E-state index contributed by atoms with van der Waals surface area (Å²) in [5.74, 6) is 0. The molecule has 0 aromatic rings. The van der Waals surface area contributed by atoms with Crippen molar-refractivity contribution in [3.8, 4) is 0 Å². The zero-order valence-electron chi connectivity index (χ0n) is 7.76. The molecule has 3 nitrogen and oxygen atoms in total. The first-order chi connectivity index (χ1) is 4.63. The average Bonchev–Trinajstić information content (AvgIpc) is 1.56. The van der Waals surface area contributed by atoms with Crippen molar-refractivity contribution in [3.05, 3.63) is 0 Å². The maximum Gasteiger partial charge on any atom is 0.0743 e. The number of nitrogens with two attached hydrogens (primary N) is 1. The number of rotatable bonds is 3. The van der Waals surface area contributed by atoms with Crippen molar-refractivity contribution in [1.29, 1.82) is 0 Å². The third-order valence-corrected chi connectivity index (χ3v) is 1.63. The molecular weight excluding hydrogens is 142 g/mol. The normalized spacial score (nSPS) is 16.6. The lowest BCUT2D eigenvalue weighted by Crippen LogP contribution is -2.47. The Morgan fingerprint density at radius 1 is 1.18 bits per heavy atom. The Kier molecular flexibility index (Phi) is 3.06. The highest BCUT2D eigenvalue weighted by Crippen LogP contribution is 2.17. The zero-order chi connectivity index (χ0) is 9.28. The Morgan fingerprint density at radius 2 is 1.55 bits per heavy atom. The van der Waals surface area contributed by atoms with E-state index in [1.807, 2.05) is 0 Å². The molecule has 0 heterocycles. The summed E-state index contributed by atoms with van der Waals surface area (Å²) < 4.78 is 0. The lowest BCUT2D eigenvalue weighted by atomic mass is 9.89. The first-order valence-electron chi connectivity index (χ1n) is 3.83. The predicted octanol–water partition coefficient (Wildman–Crippen LogP) is 0.246. The number of aliphatic hydroxyl groups is 2. The van der Waals surface area contributed by atoms with Gasteiger partial charge in [0.05, 0.1) is 11.2 Å². The van der Waals surface area contributed by atoms with Crippen molar-refractivity contribution in [3.63, 3.8) is 0 Å². The van der Waals surface area contributed by atoms with Crippen LogP contribution in [-0.2, 0) is 0 Å². The van der Waals surface area contributed by atoms with E-state index in [4.69, 9.17) is 5.73 Å². The van der Waals surface area contributed by atoms with Crippen LogP contribution in [0.4, 0.5) is 0 Å². The van der Waals surface area contributed by atoms with Crippen LogP contribution in [0.25, 0.3) is 0 Å². The van der Waals surface area contributed by atoms with Crippen molar-refractivity contribution < 1.29 is 10.2 Å². The summed E-state index contributed by atoms with van der Waals surface area (Å²) in [5, 5.41) is 18.8. The zero-order valence-corrected chi connectivity index (χ0v) is 7.76. The highest BCUT2D eigenvalue weighted by atomic mass is 16.3. The van der Waals surface area contributed by atoms with Gasteiger partial charge >= 0.3 is 0 Å². The molecule has 0 aliphatic heterocycles. The maximum atomic E-state index is 9.41. The molecule has 0 spiro atoms. The number of hydrogen-bond donors (Lipinski definition) is 3. The van der Waals surface area contributed by atoms with Crippen molar-refractivity contribution in [1.82, 2.24) is 0 Å². The van der Waals surface area contributed by atoms with Crippen molar-refractivity contribution >= 4 is 0 Å². The third-order valence-electron chi connectivity index (χ3n) is 1.63. The van der Waals surface area contributed by atoms with Gasteiger partial charge < -0.3 is 15.9 Å². The van der Waals surface area contributed by atoms with E-state index in [0.717, 1.165) is 0 Å². The van der Waals surface area contributed by atoms with E-state index in [1.165, 1.54) is 0 Å². The second-order valence-electron chi connectivity index (χ2n) is 4.28. The van der Waals surface area contributed by atoms with Gasteiger partial charge in [-0.3, -0.25) is 0 Å². The van der Waals surface area contributed by atoms with Crippen LogP contribution < -0.4 is 5.73 Å². The van der Waals surface area contributed by atoms with Gasteiger partial charge in [-0.2, -0.15) is 0 Å². The Labute approximate surface area is 68.2 Å². The first-order valence-corrected chi connectivity index (χ1v) is 3.83. The topological polar surface area (TPSA) is 66.5 Å². The standard InChI is InChI=1S/C8H19NO2/c1-7(2,10)5-6(9)8(3,4)11/h6,10-11H,5,9H2,1-4H3/t6-/m1/s1. The fraction of sp³-hybridized carbons (Fsp3) is 1.00. The van der Waals surface area contributed by atoms with E-state index in [9.17, 15) is 10.2 Å². The minimum Gasteiger partial charge on any atom is -0.390 e. The van der Waals surface area contributed by atoms with Crippen LogP contribution in [0.3, 0.4) is 0 Å². The second-order valence-corrected chi connectivity index (χ2v) is 4.28. The summed E-state index contributed by atoms with van der Waals surface area (Å²) in [6.07, 6.45) is 0.399. The summed E-state index contributed by atoms with van der Waals surface area (Å²) in [5.41, 5.74) is 3.90. The lowest BCUT2D eigenvalue weighted by Gasteiger charge is -2.30. The summed E-state index contributed by atoms with van der Waals surface area (Å²) in [6, 6.07) is -0.387. The van der Waals surface area contributed by atoms with Gasteiger partial charge in [0, 0.05) is 6.04 Å². The van der Waals surface area contributed by atoms with E-state index in [1.54, 1.807) is 27.7 Å². The van der Waals surface area contributed by atoms with Crippen molar-refractivity contribution in [2.75, 3.05) is 0 Å².